The number of rotatable bonds is 11. The van der Waals surface area contributed by atoms with Gasteiger partial charge < -0.3 is 14.6 Å². The number of allylic oxidation sites excluding steroid dienone is 2. The lowest BCUT2D eigenvalue weighted by atomic mass is 10.00. The quantitative estimate of drug-likeness (QED) is 0.192. The van der Waals surface area contributed by atoms with E-state index in [0.717, 1.165) is 34.2 Å². The number of amides is 1. The number of carbonyl (C=O) groups is 2. The standard InChI is InChI=1S/C28H31NO6S/c1-4-5-9-19-10-11-20-15-21(36-24(20)14-19)13-18(3)26(31)25-22(30)16-23(35-27(25)32)17(2)8-6-7-12-29-28(33)34/h7,10-17,29-30H,4-6,8-9H2,1-3H3,(H,33,34)/b12-7+,18-13?. The number of benzene rings is 1. The maximum absolute atomic E-state index is 13.0. The molecule has 1 aromatic carbocycles. The highest BCUT2D eigenvalue weighted by Gasteiger charge is 2.22. The third-order valence-electron chi connectivity index (χ3n) is 5.89. The van der Waals surface area contributed by atoms with E-state index < -0.39 is 23.3 Å². The summed E-state index contributed by atoms with van der Waals surface area (Å²) in [4.78, 5) is 37.0. The van der Waals surface area contributed by atoms with E-state index in [1.54, 1.807) is 30.4 Å². The molecule has 1 unspecified atom stereocenters. The summed E-state index contributed by atoms with van der Waals surface area (Å²) in [7, 11) is 0. The molecule has 7 nitrogen and oxygen atoms in total. The Morgan fingerprint density at radius 3 is 2.69 bits per heavy atom. The molecule has 2 aromatic heterocycles. The van der Waals surface area contributed by atoms with Gasteiger partial charge in [0.1, 0.15) is 17.1 Å². The molecule has 8 heteroatoms. The van der Waals surface area contributed by atoms with Gasteiger partial charge in [-0.25, -0.2) is 9.59 Å². The van der Waals surface area contributed by atoms with Gasteiger partial charge in [0, 0.05) is 27.8 Å². The molecule has 0 fully saturated rings. The molecule has 0 aliphatic heterocycles. The van der Waals surface area contributed by atoms with Crippen LogP contribution < -0.4 is 10.9 Å². The molecule has 0 radical (unpaired) electrons. The van der Waals surface area contributed by atoms with Gasteiger partial charge in [0.05, 0.1) is 0 Å². The van der Waals surface area contributed by atoms with Gasteiger partial charge in [0.25, 0.3) is 0 Å². The van der Waals surface area contributed by atoms with Crippen LogP contribution in [0.25, 0.3) is 16.2 Å². The molecule has 0 saturated heterocycles. The molecule has 2 heterocycles. The van der Waals surface area contributed by atoms with Gasteiger partial charge >= 0.3 is 11.7 Å². The molecule has 0 aliphatic rings. The summed E-state index contributed by atoms with van der Waals surface area (Å²) in [6, 6.07) is 9.72. The number of hydrogen-bond donors (Lipinski definition) is 3. The smallest absolute Gasteiger partial charge is 0.408 e. The lowest BCUT2D eigenvalue weighted by Gasteiger charge is -2.11. The monoisotopic (exact) mass is 509 g/mol. The van der Waals surface area contributed by atoms with E-state index in [4.69, 9.17) is 9.52 Å². The van der Waals surface area contributed by atoms with Crippen LogP contribution in [0.5, 0.6) is 5.75 Å². The molecule has 0 bridgehead atoms. The minimum Gasteiger partial charge on any atom is -0.507 e. The Balaban J connectivity index is 1.75. The van der Waals surface area contributed by atoms with Crippen LogP contribution in [-0.4, -0.2) is 22.1 Å². The van der Waals surface area contributed by atoms with E-state index in [1.807, 2.05) is 13.0 Å². The number of hydrogen-bond acceptors (Lipinski definition) is 6. The van der Waals surface area contributed by atoms with Crippen LogP contribution in [0.2, 0.25) is 0 Å². The number of thiophene rings is 1. The second-order valence-electron chi connectivity index (χ2n) is 8.81. The molecular formula is C28H31NO6S. The first-order chi connectivity index (χ1) is 17.2. The van der Waals surface area contributed by atoms with Crippen molar-refractivity contribution in [2.24, 2.45) is 0 Å². The zero-order chi connectivity index (χ0) is 26.2. The van der Waals surface area contributed by atoms with Gasteiger partial charge in [-0.3, -0.25) is 10.1 Å². The molecule has 190 valence electrons. The largest absolute Gasteiger partial charge is 0.507 e. The van der Waals surface area contributed by atoms with E-state index >= 15 is 0 Å². The minimum atomic E-state index is -1.15. The zero-order valence-electron chi connectivity index (χ0n) is 20.7. The molecule has 36 heavy (non-hydrogen) atoms. The number of fused-ring (bicyclic) bond motifs is 1. The van der Waals surface area contributed by atoms with Gasteiger partial charge in [-0.2, -0.15) is 0 Å². The highest BCUT2D eigenvalue weighted by atomic mass is 32.1. The summed E-state index contributed by atoms with van der Waals surface area (Å²) in [6.45, 7) is 5.60. The average Bonchev–Trinajstić information content (AvgIpc) is 3.22. The third kappa shape index (κ3) is 6.95. The summed E-state index contributed by atoms with van der Waals surface area (Å²) < 4.78 is 6.51. The molecule has 1 atom stereocenters. The van der Waals surface area contributed by atoms with E-state index in [1.165, 1.54) is 17.8 Å². The Bertz CT molecular complexity index is 1360. The molecule has 3 aromatic rings. The van der Waals surface area contributed by atoms with Crippen LogP contribution in [0.3, 0.4) is 0 Å². The maximum atomic E-state index is 13.0. The minimum absolute atomic E-state index is 0.223. The fourth-order valence-electron chi connectivity index (χ4n) is 3.83. The number of aromatic hydroxyl groups is 1. The Morgan fingerprint density at radius 2 is 2.00 bits per heavy atom. The predicted octanol–water partition coefficient (Wildman–Crippen LogP) is 6.85. The number of unbranched alkanes of at least 4 members (excludes halogenated alkanes) is 1. The van der Waals surface area contributed by atoms with Crippen molar-refractivity contribution in [3.63, 3.8) is 0 Å². The van der Waals surface area contributed by atoms with Crippen molar-refractivity contribution in [2.75, 3.05) is 0 Å². The van der Waals surface area contributed by atoms with E-state index in [0.29, 0.717) is 18.4 Å². The number of carboxylic acid groups (broad SMARTS) is 1. The van der Waals surface area contributed by atoms with Gasteiger partial charge in [-0.15, -0.1) is 11.3 Å². The molecule has 0 spiro atoms. The van der Waals surface area contributed by atoms with Crippen LogP contribution in [-0.2, 0) is 6.42 Å². The van der Waals surface area contributed by atoms with Gasteiger partial charge in [-0.1, -0.05) is 38.5 Å². The van der Waals surface area contributed by atoms with Crippen LogP contribution in [0.15, 0.2) is 57.4 Å². The van der Waals surface area contributed by atoms with Gasteiger partial charge in [0.15, 0.2) is 5.78 Å². The molecule has 3 N–H and O–H groups in total. The second-order valence-corrected chi connectivity index (χ2v) is 9.92. The molecule has 1 amide bonds. The first-order valence-corrected chi connectivity index (χ1v) is 12.8. The summed E-state index contributed by atoms with van der Waals surface area (Å²) in [5.41, 5.74) is 0.356. The third-order valence-corrected chi connectivity index (χ3v) is 6.94. The first-order valence-electron chi connectivity index (χ1n) is 12.0. The van der Waals surface area contributed by atoms with Crippen molar-refractivity contribution >= 4 is 39.4 Å². The Hall–Kier alpha value is -3.65. The van der Waals surface area contributed by atoms with Crippen molar-refractivity contribution in [1.82, 2.24) is 5.32 Å². The van der Waals surface area contributed by atoms with Crippen LogP contribution in [0, 0.1) is 0 Å². The number of aryl methyl sites for hydroxylation is 1. The summed E-state index contributed by atoms with van der Waals surface area (Å²) in [5.74, 6) is -0.951. The first kappa shape index (κ1) is 26.9. The molecule has 3 rings (SSSR count). The van der Waals surface area contributed by atoms with Crippen molar-refractivity contribution < 1.29 is 24.2 Å². The topological polar surface area (TPSA) is 117 Å². The van der Waals surface area contributed by atoms with Crippen molar-refractivity contribution in [3.8, 4) is 5.75 Å². The number of Topliss-reactive ketones (excluding diaryl/α,β-unsaturated/α-hetero) is 1. The van der Waals surface area contributed by atoms with E-state index in [-0.39, 0.29) is 17.2 Å². The normalized spacial score (nSPS) is 12.8. The van der Waals surface area contributed by atoms with Crippen molar-refractivity contribution in [3.05, 3.63) is 80.4 Å². The predicted molar refractivity (Wildman–Crippen MR) is 143 cm³/mol. The zero-order valence-corrected chi connectivity index (χ0v) is 21.5. The number of ketones is 1. The summed E-state index contributed by atoms with van der Waals surface area (Å²) >= 11 is 1.58. The Labute approximate surface area is 213 Å². The second kappa shape index (κ2) is 12.4. The Kier molecular flexibility index (Phi) is 9.25. The fourth-order valence-corrected chi connectivity index (χ4v) is 4.96. The highest BCUT2D eigenvalue weighted by Crippen LogP contribution is 2.30. The maximum Gasteiger partial charge on any atom is 0.408 e. The molecule has 0 saturated carbocycles. The summed E-state index contributed by atoms with van der Waals surface area (Å²) in [6.07, 6.45) is 7.95. The lowest BCUT2D eigenvalue weighted by Crippen LogP contribution is -2.16. The number of nitrogens with one attached hydrogen (secondary N) is 1. The fraction of sp³-hybridized carbons (Fsp3) is 0.321. The van der Waals surface area contributed by atoms with Gasteiger partial charge in [0.2, 0.25) is 0 Å². The van der Waals surface area contributed by atoms with Crippen LogP contribution in [0.4, 0.5) is 4.79 Å². The highest BCUT2D eigenvalue weighted by molar-refractivity contribution is 7.19. The Morgan fingerprint density at radius 1 is 1.22 bits per heavy atom. The van der Waals surface area contributed by atoms with Crippen LogP contribution >= 0.6 is 11.3 Å². The molecular weight excluding hydrogens is 478 g/mol. The van der Waals surface area contributed by atoms with Crippen molar-refractivity contribution in [1.29, 1.82) is 0 Å². The van der Waals surface area contributed by atoms with E-state index in [9.17, 15) is 19.5 Å². The summed E-state index contributed by atoms with van der Waals surface area (Å²) in [5, 5.41) is 22.3. The van der Waals surface area contributed by atoms with Crippen LogP contribution in [0.1, 0.15) is 78.9 Å². The number of carbonyl (C=O) groups excluding carboxylic acids is 1. The average molecular weight is 510 g/mol. The lowest BCUT2D eigenvalue weighted by molar-refractivity contribution is 0.102. The molecule has 0 aliphatic carbocycles. The van der Waals surface area contributed by atoms with E-state index in [2.05, 4.69) is 30.4 Å². The van der Waals surface area contributed by atoms with Crippen molar-refractivity contribution in [2.45, 2.75) is 58.8 Å². The van der Waals surface area contributed by atoms with Gasteiger partial charge in [-0.05, 0) is 67.3 Å². The SMILES string of the molecule is CCCCc1ccc2cc(C=C(C)C(=O)c3c(O)cc(C(C)CC/C=C/NC(=O)O)oc3=O)sc2c1.